The maximum absolute atomic E-state index is 13.1. The lowest BCUT2D eigenvalue weighted by Gasteiger charge is -2.33. The van der Waals surface area contributed by atoms with Crippen LogP contribution in [0.5, 0.6) is 0 Å². The van der Waals surface area contributed by atoms with Gasteiger partial charge in [-0.15, -0.1) is 10.2 Å². The number of aryl methyl sites for hydroxylation is 1. The predicted molar refractivity (Wildman–Crippen MR) is 101 cm³/mol. The molecule has 0 bridgehead atoms. The molecule has 1 N–H and O–H groups in total. The lowest BCUT2D eigenvalue weighted by molar-refractivity contribution is 0.0638. The van der Waals surface area contributed by atoms with Gasteiger partial charge in [-0.1, -0.05) is 0 Å². The molecular weight excluding hydrogens is 362 g/mol. The average molecular weight is 379 g/mol. The van der Waals surface area contributed by atoms with Crippen LogP contribution in [0, 0.1) is 6.92 Å². The number of nitrogens with zero attached hydrogens (tertiary/aromatic N) is 6. The van der Waals surface area contributed by atoms with Crippen LogP contribution >= 0.6 is 11.5 Å². The SMILES string of the molecule is Cc1nsc(-c2nnc3n2CCN(C(=O)c2ccc4[nH]ccc4c2)[C@@H]3C)n1. The molecule has 1 aromatic carbocycles. The number of aromatic amines is 1. The first-order valence-corrected chi connectivity index (χ1v) is 9.51. The maximum atomic E-state index is 13.1. The molecule has 0 unspecified atom stereocenters. The fourth-order valence-electron chi connectivity index (χ4n) is 3.56. The number of carbonyl (C=O) groups excluding carboxylic acids is 1. The summed E-state index contributed by atoms with van der Waals surface area (Å²) in [6, 6.07) is 7.54. The molecule has 0 spiro atoms. The van der Waals surface area contributed by atoms with Gasteiger partial charge in [0.05, 0.1) is 6.04 Å². The number of H-pyrrole nitrogens is 1. The number of hydrogen-bond donors (Lipinski definition) is 1. The van der Waals surface area contributed by atoms with Crippen LogP contribution in [0.4, 0.5) is 0 Å². The zero-order valence-electron chi connectivity index (χ0n) is 14.9. The summed E-state index contributed by atoms with van der Waals surface area (Å²) in [4.78, 5) is 22.5. The summed E-state index contributed by atoms with van der Waals surface area (Å²) in [5, 5.41) is 10.4. The molecule has 0 saturated heterocycles. The van der Waals surface area contributed by atoms with E-state index in [0.29, 0.717) is 18.7 Å². The molecule has 4 heterocycles. The third kappa shape index (κ3) is 2.54. The highest BCUT2D eigenvalue weighted by molar-refractivity contribution is 7.09. The number of hydrogen-bond acceptors (Lipinski definition) is 6. The van der Waals surface area contributed by atoms with Gasteiger partial charge in [0.1, 0.15) is 5.82 Å². The van der Waals surface area contributed by atoms with Gasteiger partial charge in [0.2, 0.25) is 0 Å². The molecule has 0 fully saturated rings. The zero-order valence-corrected chi connectivity index (χ0v) is 15.7. The Morgan fingerprint density at radius 1 is 1.26 bits per heavy atom. The van der Waals surface area contributed by atoms with E-state index in [1.165, 1.54) is 11.5 Å². The van der Waals surface area contributed by atoms with E-state index in [2.05, 4.69) is 24.5 Å². The van der Waals surface area contributed by atoms with E-state index in [0.717, 1.165) is 33.4 Å². The van der Waals surface area contributed by atoms with E-state index < -0.39 is 0 Å². The van der Waals surface area contributed by atoms with Gasteiger partial charge in [0.15, 0.2) is 16.7 Å². The summed E-state index contributed by atoms with van der Waals surface area (Å²) in [7, 11) is 0. The molecule has 1 atom stereocenters. The summed E-state index contributed by atoms with van der Waals surface area (Å²) in [6.45, 7) is 5.08. The van der Waals surface area contributed by atoms with Gasteiger partial charge >= 0.3 is 0 Å². The van der Waals surface area contributed by atoms with Crippen molar-refractivity contribution in [2.45, 2.75) is 26.4 Å². The molecule has 9 heteroatoms. The predicted octanol–water partition coefficient (Wildman–Crippen LogP) is 2.80. The van der Waals surface area contributed by atoms with E-state index in [1.54, 1.807) is 0 Å². The van der Waals surface area contributed by atoms with Crippen molar-refractivity contribution in [2.75, 3.05) is 6.54 Å². The van der Waals surface area contributed by atoms with Crippen molar-refractivity contribution in [1.82, 2.24) is 34.0 Å². The molecule has 8 nitrogen and oxygen atoms in total. The molecule has 0 aliphatic carbocycles. The molecule has 0 saturated carbocycles. The molecule has 5 rings (SSSR count). The van der Waals surface area contributed by atoms with Gasteiger partial charge in [-0.2, -0.15) is 4.37 Å². The third-order valence-corrected chi connectivity index (χ3v) is 5.77. The number of carbonyl (C=O) groups is 1. The van der Waals surface area contributed by atoms with Gasteiger partial charge in [0, 0.05) is 35.8 Å². The Labute approximate surface area is 159 Å². The summed E-state index contributed by atoms with van der Waals surface area (Å²) < 4.78 is 6.27. The topological polar surface area (TPSA) is 92.6 Å². The van der Waals surface area contributed by atoms with Gasteiger partial charge in [0.25, 0.3) is 5.91 Å². The number of fused-ring (bicyclic) bond motifs is 2. The van der Waals surface area contributed by atoms with E-state index in [9.17, 15) is 4.79 Å². The first-order valence-electron chi connectivity index (χ1n) is 8.74. The Morgan fingerprint density at radius 3 is 2.96 bits per heavy atom. The van der Waals surface area contributed by atoms with Crippen LogP contribution in [0.2, 0.25) is 0 Å². The van der Waals surface area contributed by atoms with Crippen molar-refractivity contribution in [3.8, 4) is 10.8 Å². The van der Waals surface area contributed by atoms with Crippen molar-refractivity contribution >= 4 is 28.3 Å². The second kappa shape index (κ2) is 5.98. The lowest BCUT2D eigenvalue weighted by atomic mass is 10.1. The minimum absolute atomic E-state index is 0.00756. The molecule has 1 amide bonds. The second-order valence-corrected chi connectivity index (χ2v) is 7.39. The lowest BCUT2D eigenvalue weighted by Crippen LogP contribution is -2.41. The monoisotopic (exact) mass is 379 g/mol. The summed E-state index contributed by atoms with van der Waals surface area (Å²) in [5.41, 5.74) is 1.71. The summed E-state index contributed by atoms with van der Waals surface area (Å²) >= 11 is 1.32. The quantitative estimate of drug-likeness (QED) is 0.578. The molecular formula is C18H17N7OS. The smallest absolute Gasteiger partial charge is 0.254 e. The van der Waals surface area contributed by atoms with Gasteiger partial charge in [-0.3, -0.25) is 4.79 Å². The highest BCUT2D eigenvalue weighted by Gasteiger charge is 2.32. The largest absolute Gasteiger partial charge is 0.361 e. The van der Waals surface area contributed by atoms with Crippen molar-refractivity contribution in [3.63, 3.8) is 0 Å². The van der Waals surface area contributed by atoms with Crippen molar-refractivity contribution in [1.29, 1.82) is 0 Å². The molecule has 1 aliphatic rings. The van der Waals surface area contributed by atoms with Crippen LogP contribution in [0.15, 0.2) is 30.5 Å². The number of nitrogens with one attached hydrogen (secondary N) is 1. The molecule has 0 radical (unpaired) electrons. The highest BCUT2D eigenvalue weighted by atomic mass is 32.1. The molecule has 136 valence electrons. The van der Waals surface area contributed by atoms with Crippen LogP contribution in [0.3, 0.4) is 0 Å². The van der Waals surface area contributed by atoms with Crippen LogP contribution < -0.4 is 0 Å². The first kappa shape index (κ1) is 16.1. The third-order valence-electron chi connectivity index (χ3n) is 4.97. The summed E-state index contributed by atoms with van der Waals surface area (Å²) in [6.07, 6.45) is 1.88. The normalized spacial score (nSPS) is 16.7. The van der Waals surface area contributed by atoms with Crippen LogP contribution in [0.1, 0.15) is 35.0 Å². The van der Waals surface area contributed by atoms with Crippen molar-refractivity contribution in [2.24, 2.45) is 0 Å². The minimum atomic E-state index is -0.163. The number of aromatic nitrogens is 6. The van der Waals surface area contributed by atoms with Crippen molar-refractivity contribution < 1.29 is 4.79 Å². The maximum Gasteiger partial charge on any atom is 0.254 e. The molecule has 3 aromatic heterocycles. The van der Waals surface area contributed by atoms with E-state index in [4.69, 9.17) is 0 Å². The Bertz CT molecular complexity index is 1160. The Hall–Kier alpha value is -3.07. The number of benzene rings is 1. The zero-order chi connectivity index (χ0) is 18.5. The van der Waals surface area contributed by atoms with Crippen molar-refractivity contribution in [3.05, 3.63) is 47.7 Å². The Morgan fingerprint density at radius 2 is 2.15 bits per heavy atom. The standard InChI is InChI=1S/C18H17N7OS/c1-10-15-21-22-16(17-20-11(2)23-27-17)25(15)8-7-24(10)18(26)13-3-4-14-12(9-13)5-6-19-14/h3-6,9-10,19H,7-8H2,1-2H3/t10-/m1/s1. The summed E-state index contributed by atoms with van der Waals surface area (Å²) in [5.74, 6) is 2.24. The second-order valence-electron chi connectivity index (χ2n) is 6.63. The molecule has 27 heavy (non-hydrogen) atoms. The molecule has 4 aromatic rings. The van der Waals surface area contributed by atoms with Gasteiger partial charge in [-0.05, 0) is 49.6 Å². The first-order chi connectivity index (χ1) is 13.1. The fourth-order valence-corrected chi connectivity index (χ4v) is 4.23. The fraction of sp³-hybridized carbons (Fsp3) is 0.278. The molecule has 1 aliphatic heterocycles. The Balaban J connectivity index is 1.46. The average Bonchev–Trinajstić information content (AvgIpc) is 3.39. The van der Waals surface area contributed by atoms with E-state index in [1.807, 2.05) is 53.8 Å². The van der Waals surface area contributed by atoms with Crippen LogP contribution in [-0.2, 0) is 6.54 Å². The van der Waals surface area contributed by atoms with Crippen LogP contribution in [0.25, 0.3) is 21.7 Å². The van der Waals surface area contributed by atoms with Gasteiger partial charge < -0.3 is 14.5 Å². The number of rotatable bonds is 2. The van der Waals surface area contributed by atoms with E-state index in [-0.39, 0.29) is 11.9 Å². The van der Waals surface area contributed by atoms with E-state index >= 15 is 0 Å². The highest BCUT2D eigenvalue weighted by Crippen LogP contribution is 2.30. The van der Waals surface area contributed by atoms with Crippen LogP contribution in [-0.4, -0.2) is 46.5 Å². The van der Waals surface area contributed by atoms with Gasteiger partial charge in [-0.25, -0.2) is 4.98 Å². The minimum Gasteiger partial charge on any atom is -0.361 e. The Kier molecular flexibility index (Phi) is 3.57. The number of amides is 1.